The molecule has 6 heteroatoms. The molecule has 0 saturated heterocycles. The predicted octanol–water partition coefficient (Wildman–Crippen LogP) is 1.23. The Morgan fingerprint density at radius 2 is 2.12 bits per heavy atom. The van der Waals surface area contributed by atoms with Crippen molar-refractivity contribution in [1.82, 2.24) is 0 Å². The van der Waals surface area contributed by atoms with Gasteiger partial charge in [-0.2, -0.15) is 0 Å². The Bertz CT molecular complexity index is 496. The summed E-state index contributed by atoms with van der Waals surface area (Å²) in [5.41, 5.74) is 0.782. The van der Waals surface area contributed by atoms with E-state index in [1.54, 1.807) is 19.1 Å². The van der Waals surface area contributed by atoms with Crippen LogP contribution in [0.4, 0.5) is 5.69 Å². The molecule has 0 spiro atoms. The minimum absolute atomic E-state index is 0.0425. The summed E-state index contributed by atoms with van der Waals surface area (Å²) in [5, 5.41) is 11.7. The molecule has 17 heavy (non-hydrogen) atoms. The summed E-state index contributed by atoms with van der Waals surface area (Å²) in [6, 6.07) is 6.27. The largest absolute Gasteiger partial charge is 0.478 e. The van der Waals surface area contributed by atoms with Crippen LogP contribution >= 0.6 is 0 Å². The number of sulfone groups is 1. The van der Waals surface area contributed by atoms with E-state index in [0.717, 1.165) is 0 Å². The molecule has 5 nitrogen and oxygen atoms in total. The van der Waals surface area contributed by atoms with Crippen molar-refractivity contribution < 1.29 is 18.3 Å². The highest BCUT2D eigenvalue weighted by Gasteiger charge is 2.07. The number of anilines is 1. The maximum absolute atomic E-state index is 11.2. The van der Waals surface area contributed by atoms with E-state index in [-0.39, 0.29) is 23.6 Å². The van der Waals surface area contributed by atoms with Gasteiger partial charge in [0.2, 0.25) is 0 Å². The smallest absolute Gasteiger partial charge is 0.335 e. The molecular weight excluding hydrogens is 242 g/mol. The zero-order chi connectivity index (χ0) is 12.9. The van der Waals surface area contributed by atoms with Crippen LogP contribution < -0.4 is 5.32 Å². The molecule has 1 rings (SSSR count). The number of benzene rings is 1. The fourth-order valence-electron chi connectivity index (χ4n) is 1.26. The highest BCUT2D eigenvalue weighted by atomic mass is 32.2. The van der Waals surface area contributed by atoms with Crippen molar-refractivity contribution in [3.05, 3.63) is 29.8 Å². The zero-order valence-corrected chi connectivity index (χ0v) is 10.3. The van der Waals surface area contributed by atoms with Gasteiger partial charge in [0.1, 0.15) is 0 Å². The van der Waals surface area contributed by atoms with Gasteiger partial charge in [-0.25, -0.2) is 13.2 Å². The Hall–Kier alpha value is -1.56. The maximum Gasteiger partial charge on any atom is 0.335 e. The molecule has 0 atom stereocenters. The number of rotatable bonds is 6. The van der Waals surface area contributed by atoms with Crippen LogP contribution in [-0.4, -0.2) is 37.5 Å². The van der Waals surface area contributed by atoms with Crippen molar-refractivity contribution in [3.8, 4) is 0 Å². The standard InChI is InChI=1S/C11H15NO4S/c1-2-17(15,16)7-6-12-10-5-3-4-9(8-10)11(13)14/h3-5,8,12H,2,6-7H2,1H3,(H,13,14). The maximum atomic E-state index is 11.2. The summed E-state index contributed by atoms with van der Waals surface area (Å²) in [5.74, 6) is -0.847. The lowest BCUT2D eigenvalue weighted by Gasteiger charge is -2.06. The lowest BCUT2D eigenvalue weighted by Crippen LogP contribution is -2.17. The van der Waals surface area contributed by atoms with E-state index in [4.69, 9.17) is 5.11 Å². The van der Waals surface area contributed by atoms with Gasteiger partial charge in [0.15, 0.2) is 9.84 Å². The highest BCUT2D eigenvalue weighted by molar-refractivity contribution is 7.91. The van der Waals surface area contributed by atoms with Gasteiger partial charge in [0.25, 0.3) is 0 Å². The van der Waals surface area contributed by atoms with Crippen molar-refractivity contribution >= 4 is 21.5 Å². The molecule has 0 aliphatic rings. The molecule has 0 aliphatic heterocycles. The van der Waals surface area contributed by atoms with E-state index in [2.05, 4.69) is 5.32 Å². The first-order valence-corrected chi connectivity index (χ1v) is 7.04. The Balaban J connectivity index is 2.58. The van der Waals surface area contributed by atoms with Crippen LogP contribution in [0.1, 0.15) is 17.3 Å². The molecule has 94 valence electrons. The normalized spacial score (nSPS) is 11.1. The third-order valence-electron chi connectivity index (χ3n) is 2.29. The van der Waals surface area contributed by atoms with Crippen molar-refractivity contribution in [3.63, 3.8) is 0 Å². The SMILES string of the molecule is CCS(=O)(=O)CCNc1cccc(C(=O)O)c1. The fraction of sp³-hybridized carbons (Fsp3) is 0.364. The Morgan fingerprint density at radius 3 is 2.71 bits per heavy atom. The Morgan fingerprint density at radius 1 is 1.41 bits per heavy atom. The van der Waals surface area contributed by atoms with E-state index in [1.807, 2.05) is 0 Å². The molecule has 1 aromatic carbocycles. The predicted molar refractivity (Wildman–Crippen MR) is 66.2 cm³/mol. The molecule has 0 fully saturated rings. The summed E-state index contributed by atoms with van der Waals surface area (Å²) in [6.45, 7) is 1.87. The average molecular weight is 257 g/mol. The lowest BCUT2D eigenvalue weighted by molar-refractivity contribution is 0.0697. The van der Waals surface area contributed by atoms with Crippen LogP contribution in [0.2, 0.25) is 0 Å². The first-order chi connectivity index (χ1) is 7.94. The highest BCUT2D eigenvalue weighted by Crippen LogP contribution is 2.10. The Labute approximate surface area is 100 Å². The number of hydrogen-bond donors (Lipinski definition) is 2. The third-order valence-corrected chi connectivity index (χ3v) is 4.00. The number of nitrogens with one attached hydrogen (secondary N) is 1. The van der Waals surface area contributed by atoms with Gasteiger partial charge in [-0.15, -0.1) is 0 Å². The van der Waals surface area contributed by atoms with Crippen molar-refractivity contribution in [2.45, 2.75) is 6.92 Å². The Kier molecular flexibility index (Phi) is 4.51. The van der Waals surface area contributed by atoms with Crippen LogP contribution in [0.25, 0.3) is 0 Å². The van der Waals surface area contributed by atoms with Crippen LogP contribution in [-0.2, 0) is 9.84 Å². The van der Waals surface area contributed by atoms with Crippen LogP contribution in [0, 0.1) is 0 Å². The van der Waals surface area contributed by atoms with Gasteiger partial charge in [-0.3, -0.25) is 0 Å². The third kappa shape index (κ3) is 4.44. The molecule has 0 unspecified atom stereocenters. The van der Waals surface area contributed by atoms with E-state index in [9.17, 15) is 13.2 Å². The lowest BCUT2D eigenvalue weighted by atomic mass is 10.2. The first-order valence-electron chi connectivity index (χ1n) is 5.22. The van der Waals surface area contributed by atoms with Gasteiger partial charge in [0, 0.05) is 18.0 Å². The quantitative estimate of drug-likeness (QED) is 0.801. The molecule has 0 aromatic heterocycles. The summed E-state index contributed by atoms with van der Waals surface area (Å²) < 4.78 is 22.5. The van der Waals surface area contributed by atoms with Crippen molar-refractivity contribution in [2.24, 2.45) is 0 Å². The summed E-state index contributed by atoms with van der Waals surface area (Å²) in [6.07, 6.45) is 0. The topological polar surface area (TPSA) is 83.5 Å². The molecule has 1 aromatic rings. The summed E-state index contributed by atoms with van der Waals surface area (Å²) >= 11 is 0. The molecule has 0 radical (unpaired) electrons. The van der Waals surface area contributed by atoms with Gasteiger partial charge >= 0.3 is 5.97 Å². The molecule has 0 amide bonds. The minimum Gasteiger partial charge on any atom is -0.478 e. The van der Waals surface area contributed by atoms with Crippen LogP contribution in [0.5, 0.6) is 0 Å². The van der Waals surface area contributed by atoms with E-state index in [0.29, 0.717) is 5.69 Å². The van der Waals surface area contributed by atoms with Gasteiger partial charge in [-0.1, -0.05) is 13.0 Å². The second-order valence-corrected chi connectivity index (χ2v) is 6.02. The summed E-state index contributed by atoms with van der Waals surface area (Å²) in [7, 11) is -2.99. The van der Waals surface area contributed by atoms with E-state index < -0.39 is 15.8 Å². The minimum atomic E-state index is -2.99. The van der Waals surface area contributed by atoms with Gasteiger partial charge < -0.3 is 10.4 Å². The number of carboxylic acids is 1. The van der Waals surface area contributed by atoms with Crippen LogP contribution in [0.15, 0.2) is 24.3 Å². The monoisotopic (exact) mass is 257 g/mol. The molecule has 2 N–H and O–H groups in total. The van der Waals surface area contributed by atoms with E-state index >= 15 is 0 Å². The zero-order valence-electron chi connectivity index (χ0n) is 9.51. The summed E-state index contributed by atoms with van der Waals surface area (Å²) in [4.78, 5) is 10.7. The van der Waals surface area contributed by atoms with Crippen molar-refractivity contribution in [1.29, 1.82) is 0 Å². The van der Waals surface area contributed by atoms with E-state index in [1.165, 1.54) is 12.1 Å². The molecule has 0 aliphatic carbocycles. The number of aromatic carboxylic acids is 1. The number of carboxylic acid groups (broad SMARTS) is 1. The first kappa shape index (κ1) is 13.5. The van der Waals surface area contributed by atoms with Gasteiger partial charge in [0.05, 0.1) is 11.3 Å². The molecule has 0 bridgehead atoms. The molecule has 0 heterocycles. The fourth-order valence-corrected chi connectivity index (χ4v) is 1.96. The molecular formula is C11H15NO4S. The second kappa shape index (κ2) is 5.67. The average Bonchev–Trinajstić information content (AvgIpc) is 2.29. The number of hydrogen-bond acceptors (Lipinski definition) is 4. The molecule has 0 saturated carbocycles. The van der Waals surface area contributed by atoms with Crippen LogP contribution in [0.3, 0.4) is 0 Å². The second-order valence-electron chi connectivity index (χ2n) is 3.55. The number of carbonyl (C=O) groups is 1. The van der Waals surface area contributed by atoms with Gasteiger partial charge in [-0.05, 0) is 18.2 Å². The van der Waals surface area contributed by atoms with Crippen molar-refractivity contribution in [2.75, 3.05) is 23.4 Å².